The van der Waals surface area contributed by atoms with Crippen molar-refractivity contribution < 1.29 is 4.74 Å². The molecule has 3 aromatic carbocycles. The first-order chi connectivity index (χ1) is 13.3. The summed E-state index contributed by atoms with van der Waals surface area (Å²) >= 11 is 0. The summed E-state index contributed by atoms with van der Waals surface area (Å²) in [6, 6.07) is 28.4. The first-order valence-corrected chi connectivity index (χ1v) is 8.82. The van der Waals surface area contributed by atoms with Crippen molar-refractivity contribution in [1.82, 2.24) is 4.90 Å². The summed E-state index contributed by atoms with van der Waals surface area (Å²) in [5, 5.41) is 9.51. The Morgan fingerprint density at radius 1 is 1.00 bits per heavy atom. The molecule has 1 aliphatic rings. The highest BCUT2D eigenvalue weighted by molar-refractivity contribution is 6.02. The molecule has 0 saturated carbocycles. The molecule has 1 unspecified atom stereocenters. The van der Waals surface area contributed by atoms with E-state index in [1.54, 1.807) is 7.11 Å². The quantitative estimate of drug-likeness (QED) is 0.639. The maximum Gasteiger partial charge on any atom is 0.138 e. The lowest BCUT2D eigenvalue weighted by Crippen LogP contribution is -2.38. The minimum absolute atomic E-state index is 0.0838. The van der Waals surface area contributed by atoms with E-state index in [1.165, 1.54) is 0 Å². The van der Waals surface area contributed by atoms with Gasteiger partial charge in [0.25, 0.3) is 0 Å². The topological polar surface area (TPSA) is 48.6 Å². The van der Waals surface area contributed by atoms with Crippen molar-refractivity contribution in [3.8, 4) is 11.8 Å². The number of nitriles is 1. The number of aliphatic imine (C=N–C) groups is 1. The highest BCUT2D eigenvalue weighted by Crippen LogP contribution is 2.41. The molecule has 132 valence electrons. The SMILES string of the molecule is COc1ccc2c(c1)N=C(c1ccccc1)N(CC#N)C2c1ccccc1. The molecule has 0 aromatic heterocycles. The Labute approximate surface area is 159 Å². The van der Waals surface area contributed by atoms with Crippen molar-refractivity contribution in [2.75, 3.05) is 13.7 Å². The largest absolute Gasteiger partial charge is 0.497 e. The Morgan fingerprint density at radius 3 is 2.37 bits per heavy atom. The van der Waals surface area contributed by atoms with Crippen LogP contribution >= 0.6 is 0 Å². The molecule has 0 radical (unpaired) electrons. The van der Waals surface area contributed by atoms with Crippen molar-refractivity contribution >= 4 is 11.5 Å². The summed E-state index contributed by atoms with van der Waals surface area (Å²) in [5.74, 6) is 1.57. The van der Waals surface area contributed by atoms with Crippen LogP contribution < -0.4 is 4.74 Å². The Hall–Kier alpha value is -3.58. The van der Waals surface area contributed by atoms with Gasteiger partial charge in [-0.2, -0.15) is 5.26 Å². The first-order valence-electron chi connectivity index (χ1n) is 8.82. The highest BCUT2D eigenvalue weighted by atomic mass is 16.5. The van der Waals surface area contributed by atoms with Crippen LogP contribution in [0.1, 0.15) is 22.7 Å². The van der Waals surface area contributed by atoms with Gasteiger partial charge in [0.1, 0.15) is 18.1 Å². The lowest BCUT2D eigenvalue weighted by molar-refractivity contribution is 0.387. The van der Waals surface area contributed by atoms with Gasteiger partial charge in [-0.25, -0.2) is 4.99 Å². The number of amidine groups is 1. The maximum atomic E-state index is 9.51. The van der Waals surface area contributed by atoms with Gasteiger partial charge in [0.2, 0.25) is 0 Å². The summed E-state index contributed by atoms with van der Waals surface area (Å²) in [5.41, 5.74) is 4.05. The molecule has 0 amide bonds. The van der Waals surface area contributed by atoms with E-state index in [0.29, 0.717) is 0 Å². The van der Waals surface area contributed by atoms with E-state index in [2.05, 4.69) is 23.1 Å². The van der Waals surface area contributed by atoms with Gasteiger partial charge >= 0.3 is 0 Å². The van der Waals surface area contributed by atoms with Crippen molar-refractivity contribution in [3.63, 3.8) is 0 Å². The predicted octanol–water partition coefficient (Wildman–Crippen LogP) is 4.70. The second-order valence-electron chi connectivity index (χ2n) is 6.33. The van der Waals surface area contributed by atoms with E-state index in [4.69, 9.17) is 9.73 Å². The van der Waals surface area contributed by atoms with Crippen LogP contribution in [-0.2, 0) is 0 Å². The van der Waals surface area contributed by atoms with Gasteiger partial charge in [-0.1, -0.05) is 66.7 Å². The summed E-state index contributed by atoms with van der Waals surface area (Å²) in [7, 11) is 1.66. The van der Waals surface area contributed by atoms with E-state index < -0.39 is 0 Å². The van der Waals surface area contributed by atoms with Gasteiger partial charge < -0.3 is 9.64 Å². The number of fused-ring (bicyclic) bond motifs is 1. The number of nitrogens with zero attached hydrogens (tertiary/aromatic N) is 3. The van der Waals surface area contributed by atoms with Crippen molar-refractivity contribution in [2.45, 2.75) is 6.04 Å². The van der Waals surface area contributed by atoms with Gasteiger partial charge in [-0.05, 0) is 11.6 Å². The second kappa shape index (κ2) is 7.35. The molecule has 4 rings (SSSR count). The third-order valence-electron chi connectivity index (χ3n) is 4.73. The zero-order chi connectivity index (χ0) is 18.6. The molecule has 1 atom stereocenters. The number of hydrogen-bond acceptors (Lipinski definition) is 4. The number of hydrogen-bond donors (Lipinski definition) is 0. The predicted molar refractivity (Wildman–Crippen MR) is 106 cm³/mol. The Morgan fingerprint density at radius 2 is 1.70 bits per heavy atom. The fourth-order valence-electron chi connectivity index (χ4n) is 3.50. The van der Waals surface area contributed by atoms with Crippen LogP contribution in [0.3, 0.4) is 0 Å². The fourth-order valence-corrected chi connectivity index (χ4v) is 3.50. The number of methoxy groups -OCH3 is 1. The monoisotopic (exact) mass is 353 g/mol. The Kier molecular flexibility index (Phi) is 4.59. The molecule has 4 nitrogen and oxygen atoms in total. The van der Waals surface area contributed by atoms with Gasteiger partial charge in [-0.15, -0.1) is 0 Å². The third-order valence-corrected chi connectivity index (χ3v) is 4.73. The standard InChI is InChI=1S/C23H19N3O/c1-27-19-12-13-20-21(16-19)25-23(18-10-6-3-7-11-18)26(15-14-24)22(20)17-8-4-2-5-9-17/h2-13,16,22H,15H2,1H3. The van der Waals surface area contributed by atoms with Gasteiger partial charge in [0, 0.05) is 17.2 Å². The van der Waals surface area contributed by atoms with Crippen LogP contribution in [0.5, 0.6) is 5.75 Å². The van der Waals surface area contributed by atoms with Crippen molar-refractivity contribution in [3.05, 3.63) is 95.6 Å². The van der Waals surface area contributed by atoms with Crippen molar-refractivity contribution in [2.24, 2.45) is 4.99 Å². The van der Waals surface area contributed by atoms with Gasteiger partial charge in [0.15, 0.2) is 0 Å². The minimum atomic E-state index is -0.0838. The number of rotatable bonds is 4. The van der Waals surface area contributed by atoms with Crippen LogP contribution in [0.4, 0.5) is 5.69 Å². The van der Waals surface area contributed by atoms with E-state index in [-0.39, 0.29) is 12.6 Å². The Bertz CT molecular complexity index is 1010. The summed E-state index contributed by atoms with van der Waals surface area (Å²) in [6.07, 6.45) is 0. The molecule has 27 heavy (non-hydrogen) atoms. The Balaban J connectivity index is 1.95. The van der Waals surface area contributed by atoms with E-state index in [1.807, 2.05) is 66.7 Å². The molecule has 4 heteroatoms. The average Bonchev–Trinajstić information content (AvgIpc) is 2.74. The summed E-state index contributed by atoms with van der Waals surface area (Å²) < 4.78 is 5.40. The number of benzene rings is 3. The van der Waals surface area contributed by atoms with Crippen molar-refractivity contribution in [1.29, 1.82) is 5.26 Å². The van der Waals surface area contributed by atoms with Crippen LogP contribution in [0, 0.1) is 11.3 Å². The van der Waals surface area contributed by atoms with Crippen LogP contribution in [0.25, 0.3) is 0 Å². The molecule has 0 bridgehead atoms. The lowest BCUT2D eigenvalue weighted by Gasteiger charge is -2.37. The highest BCUT2D eigenvalue weighted by Gasteiger charge is 2.32. The fraction of sp³-hybridized carbons (Fsp3) is 0.130. The molecular weight excluding hydrogens is 334 g/mol. The van der Waals surface area contributed by atoms with Gasteiger partial charge in [-0.3, -0.25) is 0 Å². The minimum Gasteiger partial charge on any atom is -0.497 e. The van der Waals surface area contributed by atoms with E-state index in [9.17, 15) is 5.26 Å². The average molecular weight is 353 g/mol. The van der Waals surface area contributed by atoms with Crippen LogP contribution in [-0.4, -0.2) is 24.4 Å². The summed E-state index contributed by atoms with van der Waals surface area (Å²) in [4.78, 5) is 6.98. The normalized spacial score (nSPS) is 15.5. The number of ether oxygens (including phenoxy) is 1. The molecule has 0 saturated heterocycles. The molecule has 1 heterocycles. The molecule has 0 N–H and O–H groups in total. The lowest BCUT2D eigenvalue weighted by atomic mass is 9.92. The molecule has 0 fully saturated rings. The smallest absolute Gasteiger partial charge is 0.138 e. The van der Waals surface area contributed by atoms with E-state index >= 15 is 0 Å². The molecule has 0 aliphatic carbocycles. The van der Waals surface area contributed by atoms with E-state index in [0.717, 1.165) is 34.0 Å². The zero-order valence-electron chi connectivity index (χ0n) is 15.0. The van der Waals surface area contributed by atoms with Gasteiger partial charge in [0.05, 0.1) is 24.9 Å². The maximum absolute atomic E-state index is 9.51. The zero-order valence-corrected chi connectivity index (χ0v) is 15.0. The third kappa shape index (κ3) is 3.16. The first kappa shape index (κ1) is 16.9. The van der Waals surface area contributed by atoms with Crippen LogP contribution in [0.15, 0.2) is 83.9 Å². The molecular formula is C23H19N3O. The molecule has 3 aromatic rings. The molecule has 1 aliphatic heterocycles. The summed E-state index contributed by atoms with van der Waals surface area (Å²) in [6.45, 7) is 0.249. The second-order valence-corrected chi connectivity index (χ2v) is 6.33. The molecule has 0 spiro atoms. The van der Waals surface area contributed by atoms with Crippen LogP contribution in [0.2, 0.25) is 0 Å².